The van der Waals surface area contributed by atoms with Gasteiger partial charge < -0.3 is 20.1 Å². The van der Waals surface area contributed by atoms with Crippen LogP contribution in [-0.2, 0) is 20.8 Å². The summed E-state index contributed by atoms with van der Waals surface area (Å²) in [6, 6.07) is 6.64. The van der Waals surface area contributed by atoms with Gasteiger partial charge in [-0.3, -0.25) is 4.79 Å². The summed E-state index contributed by atoms with van der Waals surface area (Å²) >= 11 is 0. The molecule has 1 saturated heterocycles. The molecule has 1 atom stereocenters. The van der Waals surface area contributed by atoms with E-state index in [-0.39, 0.29) is 17.9 Å². The van der Waals surface area contributed by atoms with Crippen molar-refractivity contribution < 1.29 is 19.1 Å². The number of carbonyl (C=O) groups is 2. The molecule has 0 saturated carbocycles. The second-order valence-corrected chi connectivity index (χ2v) is 4.49. The van der Waals surface area contributed by atoms with Crippen molar-refractivity contribution in [3.8, 4) is 0 Å². The molecule has 0 aliphatic carbocycles. The summed E-state index contributed by atoms with van der Waals surface area (Å²) in [4.78, 5) is 23.1. The SMILES string of the molecule is COC(=O)c1ccc(CNC(=O)C2COCCN2)cc1. The highest BCUT2D eigenvalue weighted by atomic mass is 16.5. The van der Waals surface area contributed by atoms with Gasteiger partial charge in [-0.25, -0.2) is 4.79 Å². The Morgan fingerprint density at radius 1 is 1.40 bits per heavy atom. The zero-order chi connectivity index (χ0) is 14.4. The van der Waals surface area contributed by atoms with Crippen LogP contribution >= 0.6 is 0 Å². The molecule has 0 aromatic heterocycles. The zero-order valence-corrected chi connectivity index (χ0v) is 11.3. The molecule has 1 aliphatic heterocycles. The van der Waals surface area contributed by atoms with Crippen LogP contribution in [0.25, 0.3) is 0 Å². The number of rotatable bonds is 4. The molecule has 108 valence electrons. The lowest BCUT2D eigenvalue weighted by molar-refractivity contribution is -0.126. The molecular formula is C14H18N2O4. The van der Waals surface area contributed by atoms with E-state index in [0.717, 1.165) is 5.56 Å². The summed E-state index contributed by atoms with van der Waals surface area (Å²) in [6.07, 6.45) is 0. The van der Waals surface area contributed by atoms with Gasteiger partial charge in [0.15, 0.2) is 0 Å². The van der Waals surface area contributed by atoms with Gasteiger partial charge in [0, 0.05) is 13.1 Å². The standard InChI is InChI=1S/C14H18N2O4/c1-19-14(18)11-4-2-10(3-5-11)8-16-13(17)12-9-20-7-6-15-12/h2-5,12,15H,6-9H2,1H3,(H,16,17). The first-order valence-electron chi connectivity index (χ1n) is 6.47. The minimum atomic E-state index is -0.371. The summed E-state index contributed by atoms with van der Waals surface area (Å²) in [5.41, 5.74) is 1.41. The predicted molar refractivity (Wildman–Crippen MR) is 72.2 cm³/mol. The van der Waals surface area contributed by atoms with Gasteiger partial charge in [0.1, 0.15) is 6.04 Å². The molecular weight excluding hydrogens is 260 g/mol. The Hall–Kier alpha value is -1.92. The molecule has 0 spiro atoms. The van der Waals surface area contributed by atoms with Crippen LogP contribution < -0.4 is 10.6 Å². The van der Waals surface area contributed by atoms with E-state index in [1.54, 1.807) is 24.3 Å². The lowest BCUT2D eigenvalue weighted by atomic mass is 10.1. The first-order valence-corrected chi connectivity index (χ1v) is 6.47. The van der Waals surface area contributed by atoms with Gasteiger partial charge in [-0.2, -0.15) is 0 Å². The fourth-order valence-corrected chi connectivity index (χ4v) is 1.92. The minimum absolute atomic E-state index is 0.0817. The fraction of sp³-hybridized carbons (Fsp3) is 0.429. The molecule has 0 bridgehead atoms. The van der Waals surface area contributed by atoms with Gasteiger partial charge in [-0.1, -0.05) is 12.1 Å². The largest absolute Gasteiger partial charge is 0.465 e. The number of hydrogen-bond acceptors (Lipinski definition) is 5. The topological polar surface area (TPSA) is 76.7 Å². The maximum absolute atomic E-state index is 11.9. The molecule has 2 N–H and O–H groups in total. The van der Waals surface area contributed by atoms with E-state index in [1.165, 1.54) is 7.11 Å². The number of benzene rings is 1. The van der Waals surface area contributed by atoms with Crippen LogP contribution in [0, 0.1) is 0 Å². The van der Waals surface area contributed by atoms with Crippen molar-refractivity contribution >= 4 is 11.9 Å². The molecule has 6 nitrogen and oxygen atoms in total. The Kier molecular flexibility index (Phi) is 5.09. The Labute approximate surface area is 117 Å². The van der Waals surface area contributed by atoms with Gasteiger partial charge in [0.05, 0.1) is 25.9 Å². The number of esters is 1. The van der Waals surface area contributed by atoms with Crippen LogP contribution in [0.3, 0.4) is 0 Å². The highest BCUT2D eigenvalue weighted by molar-refractivity contribution is 5.89. The van der Waals surface area contributed by atoms with Crippen molar-refractivity contribution in [2.24, 2.45) is 0 Å². The summed E-state index contributed by atoms with van der Waals surface area (Å²) in [7, 11) is 1.34. The lowest BCUT2D eigenvalue weighted by Crippen LogP contribution is -2.51. The van der Waals surface area contributed by atoms with E-state index < -0.39 is 0 Å². The van der Waals surface area contributed by atoms with Crippen molar-refractivity contribution in [3.63, 3.8) is 0 Å². The first kappa shape index (κ1) is 14.5. The molecule has 6 heteroatoms. The van der Waals surface area contributed by atoms with Crippen LogP contribution in [0.1, 0.15) is 15.9 Å². The third-order valence-corrected chi connectivity index (χ3v) is 3.08. The van der Waals surface area contributed by atoms with E-state index in [4.69, 9.17) is 4.74 Å². The molecule has 20 heavy (non-hydrogen) atoms. The molecule has 1 unspecified atom stereocenters. The third-order valence-electron chi connectivity index (χ3n) is 3.08. The smallest absolute Gasteiger partial charge is 0.337 e. The number of methoxy groups -OCH3 is 1. The van der Waals surface area contributed by atoms with E-state index in [2.05, 4.69) is 15.4 Å². The second kappa shape index (κ2) is 7.02. The van der Waals surface area contributed by atoms with Crippen LogP contribution in [-0.4, -0.2) is 44.8 Å². The second-order valence-electron chi connectivity index (χ2n) is 4.49. The maximum atomic E-state index is 11.9. The monoisotopic (exact) mass is 278 g/mol. The average Bonchev–Trinajstić information content (AvgIpc) is 2.53. The molecule has 2 rings (SSSR count). The summed E-state index contributed by atoms with van der Waals surface area (Å²) in [5, 5.41) is 5.92. The number of nitrogens with one attached hydrogen (secondary N) is 2. The van der Waals surface area contributed by atoms with Gasteiger partial charge in [0.25, 0.3) is 0 Å². The number of amides is 1. The van der Waals surface area contributed by atoms with Crippen molar-refractivity contribution in [1.82, 2.24) is 10.6 Å². The number of hydrogen-bond donors (Lipinski definition) is 2. The highest BCUT2D eigenvalue weighted by Gasteiger charge is 2.20. The molecule has 0 radical (unpaired) electrons. The summed E-state index contributed by atoms with van der Waals surface area (Å²) in [6.45, 7) is 2.14. The van der Waals surface area contributed by atoms with Gasteiger partial charge in [-0.05, 0) is 17.7 Å². The zero-order valence-electron chi connectivity index (χ0n) is 11.3. The fourth-order valence-electron chi connectivity index (χ4n) is 1.92. The van der Waals surface area contributed by atoms with E-state index in [9.17, 15) is 9.59 Å². The molecule has 1 amide bonds. The van der Waals surface area contributed by atoms with Crippen molar-refractivity contribution in [2.45, 2.75) is 12.6 Å². The lowest BCUT2D eigenvalue weighted by Gasteiger charge is -2.22. The van der Waals surface area contributed by atoms with Crippen LogP contribution in [0.4, 0.5) is 0 Å². The van der Waals surface area contributed by atoms with Crippen LogP contribution in [0.15, 0.2) is 24.3 Å². The van der Waals surface area contributed by atoms with E-state index in [1.807, 2.05) is 0 Å². The van der Waals surface area contributed by atoms with Gasteiger partial charge in [0.2, 0.25) is 5.91 Å². The van der Waals surface area contributed by atoms with Crippen molar-refractivity contribution in [3.05, 3.63) is 35.4 Å². The Bertz CT molecular complexity index is 467. The number of carbonyl (C=O) groups excluding carboxylic acids is 2. The van der Waals surface area contributed by atoms with E-state index in [0.29, 0.717) is 31.9 Å². The van der Waals surface area contributed by atoms with Crippen LogP contribution in [0.2, 0.25) is 0 Å². The maximum Gasteiger partial charge on any atom is 0.337 e. The third kappa shape index (κ3) is 3.79. The highest BCUT2D eigenvalue weighted by Crippen LogP contribution is 2.05. The van der Waals surface area contributed by atoms with Gasteiger partial charge in [-0.15, -0.1) is 0 Å². The quantitative estimate of drug-likeness (QED) is 0.763. The summed E-state index contributed by atoms with van der Waals surface area (Å²) in [5.74, 6) is -0.453. The number of ether oxygens (including phenoxy) is 2. The predicted octanol–water partition coefficient (Wildman–Crippen LogP) is 0.0778. The minimum Gasteiger partial charge on any atom is -0.465 e. The Morgan fingerprint density at radius 3 is 2.75 bits per heavy atom. The molecule has 1 aromatic carbocycles. The Balaban J connectivity index is 1.84. The van der Waals surface area contributed by atoms with Gasteiger partial charge >= 0.3 is 5.97 Å². The summed E-state index contributed by atoms with van der Waals surface area (Å²) < 4.78 is 9.86. The van der Waals surface area contributed by atoms with Crippen LogP contribution in [0.5, 0.6) is 0 Å². The first-order chi connectivity index (χ1) is 9.70. The van der Waals surface area contributed by atoms with E-state index >= 15 is 0 Å². The Morgan fingerprint density at radius 2 is 2.15 bits per heavy atom. The molecule has 1 fully saturated rings. The number of morpholine rings is 1. The van der Waals surface area contributed by atoms with Crippen molar-refractivity contribution in [2.75, 3.05) is 26.9 Å². The molecule has 1 aliphatic rings. The normalized spacial score (nSPS) is 18.4. The molecule has 1 aromatic rings. The average molecular weight is 278 g/mol. The molecule has 1 heterocycles. The van der Waals surface area contributed by atoms with Crippen molar-refractivity contribution in [1.29, 1.82) is 0 Å².